The summed E-state index contributed by atoms with van der Waals surface area (Å²) in [5, 5.41) is 0. The summed E-state index contributed by atoms with van der Waals surface area (Å²) in [5.74, 6) is 1.07. The van der Waals surface area contributed by atoms with E-state index < -0.39 is 0 Å². The van der Waals surface area contributed by atoms with E-state index >= 15 is 0 Å². The van der Waals surface area contributed by atoms with Gasteiger partial charge in [-0.15, -0.1) is 0 Å². The van der Waals surface area contributed by atoms with E-state index in [1.54, 1.807) is 24.3 Å². The molecule has 22 heavy (non-hydrogen) atoms. The fraction of sp³-hybridized carbons (Fsp3) is 0.176. The van der Waals surface area contributed by atoms with Gasteiger partial charge in [0.05, 0.1) is 23.7 Å². The maximum atomic E-state index is 11.4. The van der Waals surface area contributed by atoms with Crippen molar-refractivity contribution in [3.8, 4) is 5.75 Å². The third kappa shape index (κ3) is 2.79. The van der Waals surface area contributed by atoms with Crippen LogP contribution in [0.5, 0.6) is 5.75 Å². The molecule has 1 heterocycles. The van der Waals surface area contributed by atoms with Crippen molar-refractivity contribution in [1.82, 2.24) is 9.97 Å². The number of nitrogens with one attached hydrogen (secondary N) is 1. The van der Waals surface area contributed by atoms with E-state index in [2.05, 4.69) is 14.7 Å². The zero-order valence-electron chi connectivity index (χ0n) is 12.4. The number of ether oxygens (including phenoxy) is 2. The Hall–Kier alpha value is -2.82. The van der Waals surface area contributed by atoms with Crippen LogP contribution >= 0.6 is 0 Å². The number of imidazole rings is 1. The Labute approximate surface area is 127 Å². The topological polar surface area (TPSA) is 64.2 Å². The predicted molar refractivity (Wildman–Crippen MR) is 82.9 cm³/mol. The second-order valence-electron chi connectivity index (χ2n) is 4.92. The van der Waals surface area contributed by atoms with Crippen molar-refractivity contribution < 1.29 is 14.3 Å². The largest absolute Gasteiger partial charge is 0.483 e. The van der Waals surface area contributed by atoms with Crippen LogP contribution in [0.1, 0.15) is 29.2 Å². The second kappa shape index (κ2) is 5.89. The van der Waals surface area contributed by atoms with Gasteiger partial charge in [0.25, 0.3) is 0 Å². The molecule has 0 radical (unpaired) electrons. The first-order chi connectivity index (χ1) is 10.7. The molecule has 3 aromatic rings. The summed E-state index contributed by atoms with van der Waals surface area (Å²) < 4.78 is 10.5. The lowest BCUT2D eigenvalue weighted by Gasteiger charge is -2.12. The number of para-hydroxylation sites is 2. The number of methoxy groups -OCH3 is 1. The summed E-state index contributed by atoms with van der Waals surface area (Å²) in [4.78, 5) is 19.1. The highest BCUT2D eigenvalue weighted by molar-refractivity contribution is 5.89. The standard InChI is InChI=1S/C17H16N2O3/c1-11(16-18-14-5-3-4-6-15(14)19-16)22-13-9-7-12(8-10-13)17(20)21-2/h3-11H,1-2H3,(H,18,19). The summed E-state index contributed by atoms with van der Waals surface area (Å²) in [6.45, 7) is 1.92. The van der Waals surface area contributed by atoms with Gasteiger partial charge in [-0.3, -0.25) is 0 Å². The maximum absolute atomic E-state index is 11.4. The number of benzene rings is 2. The molecule has 0 fully saturated rings. The number of H-pyrrole nitrogens is 1. The van der Waals surface area contributed by atoms with E-state index in [9.17, 15) is 4.79 Å². The van der Waals surface area contributed by atoms with Gasteiger partial charge in [0.15, 0.2) is 6.10 Å². The number of rotatable bonds is 4. The fourth-order valence-electron chi connectivity index (χ4n) is 2.21. The normalized spacial score (nSPS) is 12.1. The molecule has 3 rings (SSSR count). The molecule has 5 nitrogen and oxygen atoms in total. The number of hydrogen-bond donors (Lipinski definition) is 1. The van der Waals surface area contributed by atoms with Crippen LogP contribution in [0.3, 0.4) is 0 Å². The lowest BCUT2D eigenvalue weighted by atomic mass is 10.2. The molecule has 0 saturated carbocycles. The summed E-state index contributed by atoms with van der Waals surface area (Å²) in [7, 11) is 1.36. The average Bonchev–Trinajstić information content (AvgIpc) is 2.99. The number of hydrogen-bond acceptors (Lipinski definition) is 4. The van der Waals surface area contributed by atoms with Crippen molar-refractivity contribution in [3.63, 3.8) is 0 Å². The molecular weight excluding hydrogens is 280 g/mol. The van der Waals surface area contributed by atoms with E-state index in [0.29, 0.717) is 11.3 Å². The zero-order valence-corrected chi connectivity index (χ0v) is 12.4. The summed E-state index contributed by atoms with van der Waals surface area (Å²) in [5.41, 5.74) is 2.38. The number of carbonyl (C=O) groups is 1. The van der Waals surface area contributed by atoms with Crippen LogP contribution in [0.4, 0.5) is 0 Å². The molecule has 0 amide bonds. The number of aromatic amines is 1. The highest BCUT2D eigenvalue weighted by atomic mass is 16.5. The highest BCUT2D eigenvalue weighted by Crippen LogP contribution is 2.22. The van der Waals surface area contributed by atoms with Crippen LogP contribution in [-0.4, -0.2) is 23.0 Å². The Balaban J connectivity index is 1.75. The van der Waals surface area contributed by atoms with Crippen LogP contribution in [-0.2, 0) is 4.74 Å². The van der Waals surface area contributed by atoms with Gasteiger partial charge < -0.3 is 14.5 Å². The quantitative estimate of drug-likeness (QED) is 0.748. The van der Waals surface area contributed by atoms with Gasteiger partial charge in [-0.25, -0.2) is 9.78 Å². The molecule has 0 saturated heterocycles. The Morgan fingerprint density at radius 3 is 2.55 bits per heavy atom. The monoisotopic (exact) mass is 296 g/mol. The van der Waals surface area contributed by atoms with Gasteiger partial charge in [0.1, 0.15) is 11.6 Å². The summed E-state index contributed by atoms with van der Waals surface area (Å²) in [6.07, 6.45) is -0.226. The van der Waals surface area contributed by atoms with Crippen LogP contribution in [0.2, 0.25) is 0 Å². The molecule has 0 bridgehead atoms. The van der Waals surface area contributed by atoms with Crippen LogP contribution in [0.25, 0.3) is 11.0 Å². The number of fused-ring (bicyclic) bond motifs is 1. The van der Waals surface area contributed by atoms with E-state index in [1.165, 1.54) is 7.11 Å². The van der Waals surface area contributed by atoms with Crippen molar-refractivity contribution in [3.05, 3.63) is 59.9 Å². The van der Waals surface area contributed by atoms with Gasteiger partial charge in [0, 0.05) is 0 Å². The van der Waals surface area contributed by atoms with Gasteiger partial charge in [-0.05, 0) is 43.3 Å². The zero-order chi connectivity index (χ0) is 15.5. The lowest BCUT2D eigenvalue weighted by molar-refractivity contribution is 0.0600. The second-order valence-corrected chi connectivity index (χ2v) is 4.92. The smallest absolute Gasteiger partial charge is 0.337 e. The van der Waals surface area contributed by atoms with Crippen LogP contribution in [0, 0.1) is 0 Å². The third-order valence-corrected chi connectivity index (χ3v) is 3.38. The molecular formula is C17H16N2O3. The number of nitrogens with zero attached hydrogens (tertiary/aromatic N) is 1. The highest BCUT2D eigenvalue weighted by Gasteiger charge is 2.13. The van der Waals surface area contributed by atoms with E-state index in [0.717, 1.165) is 16.9 Å². The summed E-state index contributed by atoms with van der Waals surface area (Å²) in [6, 6.07) is 14.7. The molecule has 1 N–H and O–H groups in total. The first-order valence-electron chi connectivity index (χ1n) is 6.97. The Morgan fingerprint density at radius 2 is 1.86 bits per heavy atom. The number of aromatic nitrogens is 2. The molecule has 0 aliphatic heterocycles. The Bertz CT molecular complexity index is 760. The van der Waals surface area contributed by atoms with Crippen LogP contribution in [0.15, 0.2) is 48.5 Å². The maximum Gasteiger partial charge on any atom is 0.337 e. The van der Waals surface area contributed by atoms with Gasteiger partial charge >= 0.3 is 5.97 Å². The van der Waals surface area contributed by atoms with Gasteiger partial charge in [-0.1, -0.05) is 12.1 Å². The van der Waals surface area contributed by atoms with E-state index in [1.807, 2.05) is 31.2 Å². The Kier molecular flexibility index (Phi) is 3.78. The minimum Gasteiger partial charge on any atom is -0.483 e. The van der Waals surface area contributed by atoms with Crippen molar-refractivity contribution in [2.45, 2.75) is 13.0 Å². The lowest BCUT2D eigenvalue weighted by Crippen LogP contribution is -2.06. The molecule has 2 aromatic carbocycles. The fourth-order valence-corrected chi connectivity index (χ4v) is 2.21. The molecule has 1 aromatic heterocycles. The van der Waals surface area contributed by atoms with Crippen molar-refractivity contribution in [2.75, 3.05) is 7.11 Å². The minimum absolute atomic E-state index is 0.226. The minimum atomic E-state index is -0.364. The molecule has 1 atom stereocenters. The molecule has 0 spiro atoms. The van der Waals surface area contributed by atoms with Crippen LogP contribution < -0.4 is 4.74 Å². The van der Waals surface area contributed by atoms with Crippen molar-refractivity contribution in [2.24, 2.45) is 0 Å². The molecule has 0 aliphatic rings. The third-order valence-electron chi connectivity index (χ3n) is 3.38. The Morgan fingerprint density at radius 1 is 1.14 bits per heavy atom. The SMILES string of the molecule is COC(=O)c1ccc(OC(C)c2nc3ccccc3[nH]2)cc1. The first-order valence-corrected chi connectivity index (χ1v) is 6.97. The number of esters is 1. The molecule has 0 aliphatic carbocycles. The predicted octanol–water partition coefficient (Wildman–Crippen LogP) is 3.49. The number of carbonyl (C=O) groups excluding carboxylic acids is 1. The average molecular weight is 296 g/mol. The summed E-state index contributed by atoms with van der Waals surface area (Å²) >= 11 is 0. The van der Waals surface area contributed by atoms with Gasteiger partial charge in [0.2, 0.25) is 0 Å². The molecule has 5 heteroatoms. The van der Waals surface area contributed by atoms with Gasteiger partial charge in [-0.2, -0.15) is 0 Å². The van der Waals surface area contributed by atoms with Crippen molar-refractivity contribution >= 4 is 17.0 Å². The van der Waals surface area contributed by atoms with Crippen molar-refractivity contribution in [1.29, 1.82) is 0 Å². The van der Waals surface area contributed by atoms with E-state index in [-0.39, 0.29) is 12.1 Å². The molecule has 112 valence electrons. The van der Waals surface area contributed by atoms with E-state index in [4.69, 9.17) is 4.74 Å². The first kappa shape index (κ1) is 14.1. The molecule has 1 unspecified atom stereocenters.